The van der Waals surface area contributed by atoms with E-state index in [0.29, 0.717) is 12.3 Å². The Balaban J connectivity index is 2.34. The van der Waals surface area contributed by atoms with Crippen molar-refractivity contribution in [3.8, 4) is 0 Å². The van der Waals surface area contributed by atoms with Crippen molar-refractivity contribution in [1.29, 1.82) is 0 Å². The van der Waals surface area contributed by atoms with Gasteiger partial charge in [-0.05, 0) is 18.6 Å². The van der Waals surface area contributed by atoms with Crippen molar-refractivity contribution >= 4 is 29.1 Å². The van der Waals surface area contributed by atoms with E-state index < -0.39 is 11.7 Å². The van der Waals surface area contributed by atoms with E-state index in [-0.39, 0.29) is 24.6 Å². The molecule has 0 unspecified atom stereocenters. The number of carbonyl (C=O) groups excluding carboxylic acids is 2. The lowest BCUT2D eigenvalue weighted by Crippen LogP contribution is -2.32. The summed E-state index contributed by atoms with van der Waals surface area (Å²) in [6.45, 7) is -0.185. The second kappa shape index (κ2) is 7.66. The van der Waals surface area contributed by atoms with E-state index in [1.165, 1.54) is 18.2 Å². The van der Waals surface area contributed by atoms with Gasteiger partial charge in [-0.3, -0.25) is 9.59 Å². The third-order valence-corrected chi connectivity index (χ3v) is 2.40. The summed E-state index contributed by atoms with van der Waals surface area (Å²) >= 11 is 5.43. The third-order valence-electron chi connectivity index (χ3n) is 2.13. The van der Waals surface area contributed by atoms with Crippen LogP contribution in [0.1, 0.15) is 12.8 Å². The first-order valence-corrected chi connectivity index (χ1v) is 6.04. The van der Waals surface area contributed by atoms with Crippen molar-refractivity contribution in [3.63, 3.8) is 0 Å². The lowest BCUT2D eigenvalue weighted by atomic mass is 10.3. The average molecular weight is 273 g/mol. The molecule has 0 saturated heterocycles. The molecule has 6 heteroatoms. The molecule has 0 spiro atoms. The van der Waals surface area contributed by atoms with Crippen molar-refractivity contribution in [2.45, 2.75) is 12.8 Å². The summed E-state index contributed by atoms with van der Waals surface area (Å²) in [7, 11) is 0. The first-order chi connectivity index (χ1) is 8.63. The van der Waals surface area contributed by atoms with Crippen LogP contribution in [-0.2, 0) is 9.59 Å². The molecular weight excluding hydrogens is 259 g/mol. The van der Waals surface area contributed by atoms with Gasteiger partial charge in [0.15, 0.2) is 0 Å². The smallest absolute Gasteiger partial charge is 0.243 e. The second-order valence-electron chi connectivity index (χ2n) is 3.60. The number of carbonyl (C=O) groups is 2. The number of anilines is 1. The van der Waals surface area contributed by atoms with Gasteiger partial charge in [0.2, 0.25) is 11.8 Å². The van der Waals surface area contributed by atoms with Gasteiger partial charge >= 0.3 is 0 Å². The predicted molar refractivity (Wildman–Crippen MR) is 68.0 cm³/mol. The van der Waals surface area contributed by atoms with Crippen LogP contribution < -0.4 is 10.6 Å². The Kier molecular flexibility index (Phi) is 6.14. The Bertz CT molecular complexity index is 426. The zero-order chi connectivity index (χ0) is 13.4. The Morgan fingerprint density at radius 3 is 2.61 bits per heavy atom. The lowest BCUT2D eigenvalue weighted by Gasteiger charge is -2.07. The Hall–Kier alpha value is -1.62. The topological polar surface area (TPSA) is 58.2 Å². The van der Waals surface area contributed by atoms with Crippen LogP contribution in [0.3, 0.4) is 0 Å². The molecule has 1 aromatic carbocycles. The number of benzene rings is 1. The van der Waals surface area contributed by atoms with Crippen LogP contribution in [-0.4, -0.2) is 24.2 Å². The molecule has 0 aliphatic rings. The molecule has 0 aliphatic heterocycles. The Morgan fingerprint density at radius 2 is 1.94 bits per heavy atom. The van der Waals surface area contributed by atoms with E-state index in [4.69, 9.17) is 11.6 Å². The van der Waals surface area contributed by atoms with E-state index in [0.717, 1.165) is 0 Å². The van der Waals surface area contributed by atoms with Gasteiger partial charge in [-0.2, -0.15) is 0 Å². The molecule has 0 aromatic heterocycles. The highest BCUT2D eigenvalue weighted by atomic mass is 35.5. The highest BCUT2D eigenvalue weighted by Gasteiger charge is 2.07. The summed E-state index contributed by atoms with van der Waals surface area (Å²) < 4.78 is 13.2. The highest BCUT2D eigenvalue weighted by Crippen LogP contribution is 2.11. The summed E-state index contributed by atoms with van der Waals surface area (Å²) in [6.07, 6.45) is 0.832. The summed E-state index contributed by atoms with van der Waals surface area (Å²) in [5, 5.41) is 4.79. The maximum atomic E-state index is 13.2. The number of hydrogen-bond donors (Lipinski definition) is 2. The van der Waals surface area contributed by atoms with Crippen LogP contribution in [0.5, 0.6) is 0 Å². The molecule has 2 amide bonds. The second-order valence-corrected chi connectivity index (χ2v) is 3.98. The highest BCUT2D eigenvalue weighted by molar-refractivity contribution is 6.17. The van der Waals surface area contributed by atoms with Crippen molar-refractivity contribution in [2.24, 2.45) is 0 Å². The molecule has 0 radical (unpaired) electrons. The number of rotatable bonds is 6. The average Bonchev–Trinajstić information content (AvgIpc) is 2.36. The number of para-hydroxylation sites is 1. The number of nitrogens with one attached hydrogen (secondary N) is 2. The summed E-state index contributed by atoms with van der Waals surface area (Å²) in [5.41, 5.74) is 0.0949. The van der Waals surface area contributed by atoms with Gasteiger partial charge in [0.25, 0.3) is 0 Å². The molecule has 2 N–H and O–H groups in total. The van der Waals surface area contributed by atoms with Gasteiger partial charge in [0, 0.05) is 12.3 Å². The molecule has 1 aromatic rings. The van der Waals surface area contributed by atoms with E-state index in [1.54, 1.807) is 6.07 Å². The SMILES string of the molecule is O=C(CCCCl)NCC(=O)Nc1ccccc1F. The van der Waals surface area contributed by atoms with Crippen LogP contribution in [0.25, 0.3) is 0 Å². The molecule has 0 bridgehead atoms. The normalized spacial score (nSPS) is 9.89. The molecule has 0 saturated carbocycles. The quantitative estimate of drug-likeness (QED) is 0.777. The van der Waals surface area contributed by atoms with Gasteiger partial charge in [-0.15, -0.1) is 11.6 Å². The van der Waals surface area contributed by atoms with Crippen molar-refractivity contribution in [2.75, 3.05) is 17.7 Å². The van der Waals surface area contributed by atoms with Crippen LogP contribution in [0.2, 0.25) is 0 Å². The molecular formula is C12H14ClFN2O2. The van der Waals surface area contributed by atoms with E-state index in [2.05, 4.69) is 10.6 Å². The lowest BCUT2D eigenvalue weighted by molar-refractivity contribution is -0.124. The van der Waals surface area contributed by atoms with E-state index in [9.17, 15) is 14.0 Å². The van der Waals surface area contributed by atoms with Crippen LogP contribution in [0.15, 0.2) is 24.3 Å². The first kappa shape index (κ1) is 14.4. The number of alkyl halides is 1. The monoisotopic (exact) mass is 272 g/mol. The summed E-state index contributed by atoms with van der Waals surface area (Å²) in [5.74, 6) is -0.840. The van der Waals surface area contributed by atoms with Gasteiger partial charge in [-0.1, -0.05) is 12.1 Å². The molecule has 0 heterocycles. The van der Waals surface area contributed by atoms with Crippen LogP contribution in [0.4, 0.5) is 10.1 Å². The first-order valence-electron chi connectivity index (χ1n) is 5.50. The molecule has 1 rings (SSSR count). The predicted octanol–water partition coefficient (Wildman–Crippen LogP) is 1.90. The van der Waals surface area contributed by atoms with E-state index >= 15 is 0 Å². The standard InChI is InChI=1S/C12H14ClFN2O2/c13-7-3-6-11(17)15-8-12(18)16-10-5-2-1-4-9(10)14/h1-2,4-5H,3,6-8H2,(H,15,17)(H,16,18). The fraction of sp³-hybridized carbons (Fsp3) is 0.333. The third kappa shape index (κ3) is 5.14. The zero-order valence-corrected chi connectivity index (χ0v) is 10.5. The fourth-order valence-corrected chi connectivity index (χ4v) is 1.39. The van der Waals surface area contributed by atoms with Crippen molar-refractivity contribution in [3.05, 3.63) is 30.1 Å². The number of hydrogen-bond acceptors (Lipinski definition) is 2. The minimum Gasteiger partial charge on any atom is -0.347 e. The van der Waals surface area contributed by atoms with Gasteiger partial charge in [-0.25, -0.2) is 4.39 Å². The molecule has 0 atom stereocenters. The molecule has 0 fully saturated rings. The van der Waals surface area contributed by atoms with Crippen molar-refractivity contribution in [1.82, 2.24) is 5.32 Å². The maximum Gasteiger partial charge on any atom is 0.243 e. The molecule has 18 heavy (non-hydrogen) atoms. The number of halogens is 2. The van der Waals surface area contributed by atoms with Gasteiger partial charge < -0.3 is 10.6 Å². The maximum absolute atomic E-state index is 13.2. The number of amides is 2. The molecule has 98 valence electrons. The zero-order valence-electron chi connectivity index (χ0n) is 9.71. The van der Waals surface area contributed by atoms with Gasteiger partial charge in [0.05, 0.1) is 12.2 Å². The molecule has 4 nitrogen and oxygen atoms in total. The van der Waals surface area contributed by atoms with Crippen molar-refractivity contribution < 1.29 is 14.0 Å². The molecule has 0 aliphatic carbocycles. The van der Waals surface area contributed by atoms with Crippen LogP contribution in [0, 0.1) is 5.82 Å². The van der Waals surface area contributed by atoms with Gasteiger partial charge in [0.1, 0.15) is 5.82 Å². The minimum atomic E-state index is -0.515. The van der Waals surface area contributed by atoms with Crippen LogP contribution >= 0.6 is 11.6 Å². The summed E-state index contributed by atoms with van der Waals surface area (Å²) in [6, 6.07) is 5.83. The Morgan fingerprint density at radius 1 is 1.22 bits per heavy atom. The van der Waals surface area contributed by atoms with E-state index in [1.807, 2.05) is 0 Å². The fourth-order valence-electron chi connectivity index (χ4n) is 1.25. The largest absolute Gasteiger partial charge is 0.347 e. The summed E-state index contributed by atoms with van der Waals surface area (Å²) in [4.78, 5) is 22.6. The minimum absolute atomic E-state index is 0.0949. The Labute approximate surface area is 110 Å².